The van der Waals surface area contributed by atoms with Crippen LogP contribution in [0.2, 0.25) is 0 Å². The molecule has 1 unspecified atom stereocenters. The normalized spacial score (nSPS) is 12.8. The van der Waals surface area contributed by atoms with Crippen molar-refractivity contribution in [2.75, 3.05) is 13.1 Å². The number of phenols is 1. The fourth-order valence-corrected chi connectivity index (χ4v) is 2.84. The molecule has 1 amide bonds. The second kappa shape index (κ2) is 8.29. The molecule has 0 aliphatic rings. The number of aliphatic hydroxyl groups excluding tert-OH is 1. The van der Waals surface area contributed by atoms with Gasteiger partial charge in [0.1, 0.15) is 11.6 Å². The third kappa shape index (κ3) is 5.54. The van der Waals surface area contributed by atoms with Crippen LogP contribution >= 0.6 is 0 Å². The minimum atomic E-state index is -0.838. The van der Waals surface area contributed by atoms with E-state index >= 15 is 0 Å². The maximum atomic E-state index is 13.0. The SMILES string of the molecule is CC(C)(CNCC(O)c1ccc(O)c(C(N)=O)c1)Cc1ccc(F)cc1. The Hall–Kier alpha value is -2.44. The standard InChI is InChI=1S/C20H25FN2O3/c1-20(2,10-13-3-6-15(21)7-4-13)12-23-11-18(25)14-5-8-17(24)16(9-14)19(22)26/h3-9,18,23-25H,10-12H2,1-2H3,(H2,22,26). The molecule has 0 heterocycles. The number of hydrogen-bond acceptors (Lipinski definition) is 4. The summed E-state index contributed by atoms with van der Waals surface area (Å²) >= 11 is 0. The molecule has 0 saturated carbocycles. The number of aliphatic hydroxyl groups is 1. The number of amides is 1. The molecular weight excluding hydrogens is 335 g/mol. The van der Waals surface area contributed by atoms with Crippen LogP contribution in [-0.2, 0) is 6.42 Å². The molecule has 0 aliphatic carbocycles. The first-order chi connectivity index (χ1) is 12.2. The molecule has 0 aromatic heterocycles. The maximum absolute atomic E-state index is 13.0. The van der Waals surface area contributed by atoms with Crippen LogP contribution < -0.4 is 11.1 Å². The Balaban J connectivity index is 1.90. The molecule has 140 valence electrons. The highest BCUT2D eigenvalue weighted by Gasteiger charge is 2.19. The van der Waals surface area contributed by atoms with Crippen LogP contribution in [-0.4, -0.2) is 29.2 Å². The number of nitrogens with one attached hydrogen (secondary N) is 1. The number of carbonyl (C=O) groups is 1. The highest BCUT2D eigenvalue weighted by atomic mass is 19.1. The van der Waals surface area contributed by atoms with Gasteiger partial charge in [0, 0.05) is 13.1 Å². The molecule has 0 radical (unpaired) electrons. The molecule has 0 aliphatic heterocycles. The lowest BCUT2D eigenvalue weighted by molar-refractivity contribution is 0.0997. The summed E-state index contributed by atoms with van der Waals surface area (Å²) in [4.78, 5) is 11.3. The highest BCUT2D eigenvalue weighted by molar-refractivity contribution is 5.95. The van der Waals surface area contributed by atoms with Crippen LogP contribution in [0.3, 0.4) is 0 Å². The molecule has 0 saturated heterocycles. The Labute approximate surface area is 152 Å². The van der Waals surface area contributed by atoms with E-state index in [0.717, 1.165) is 12.0 Å². The van der Waals surface area contributed by atoms with Gasteiger partial charge in [-0.3, -0.25) is 4.79 Å². The van der Waals surface area contributed by atoms with Crippen LogP contribution in [0.25, 0.3) is 0 Å². The number of nitrogens with two attached hydrogens (primary N) is 1. The van der Waals surface area contributed by atoms with E-state index in [-0.39, 0.29) is 29.1 Å². The van der Waals surface area contributed by atoms with Crippen molar-refractivity contribution in [1.29, 1.82) is 0 Å². The zero-order valence-electron chi connectivity index (χ0n) is 15.0. The van der Waals surface area contributed by atoms with E-state index in [9.17, 15) is 19.4 Å². The largest absolute Gasteiger partial charge is 0.507 e. The Morgan fingerprint density at radius 3 is 2.50 bits per heavy atom. The van der Waals surface area contributed by atoms with Gasteiger partial charge < -0.3 is 21.3 Å². The van der Waals surface area contributed by atoms with Crippen molar-refractivity contribution in [3.8, 4) is 5.75 Å². The molecule has 1 atom stereocenters. The number of carbonyl (C=O) groups excluding carboxylic acids is 1. The number of hydrogen-bond donors (Lipinski definition) is 4. The van der Waals surface area contributed by atoms with E-state index in [0.29, 0.717) is 12.1 Å². The van der Waals surface area contributed by atoms with E-state index in [1.54, 1.807) is 18.2 Å². The number of primary amides is 1. The van der Waals surface area contributed by atoms with E-state index in [1.807, 2.05) is 0 Å². The molecule has 2 aromatic rings. The molecule has 0 bridgehead atoms. The average Bonchev–Trinajstić information content (AvgIpc) is 2.56. The lowest BCUT2D eigenvalue weighted by Crippen LogP contribution is -2.33. The molecule has 5 nitrogen and oxygen atoms in total. The number of benzene rings is 2. The molecule has 6 heteroatoms. The second-order valence-corrected chi connectivity index (χ2v) is 7.25. The van der Waals surface area contributed by atoms with Crippen molar-refractivity contribution in [2.45, 2.75) is 26.4 Å². The molecule has 5 N–H and O–H groups in total. The number of aromatic hydroxyl groups is 1. The minimum absolute atomic E-state index is 0.0156. The molecule has 26 heavy (non-hydrogen) atoms. The smallest absolute Gasteiger partial charge is 0.252 e. The Morgan fingerprint density at radius 1 is 1.23 bits per heavy atom. The van der Waals surface area contributed by atoms with E-state index in [1.165, 1.54) is 24.3 Å². The Bertz CT molecular complexity index is 760. The van der Waals surface area contributed by atoms with Gasteiger partial charge in [0.15, 0.2) is 0 Å². The van der Waals surface area contributed by atoms with Gasteiger partial charge >= 0.3 is 0 Å². The highest BCUT2D eigenvalue weighted by Crippen LogP contribution is 2.23. The molecule has 0 spiro atoms. The topological polar surface area (TPSA) is 95.6 Å². The Morgan fingerprint density at radius 2 is 1.88 bits per heavy atom. The summed E-state index contributed by atoms with van der Waals surface area (Å²) in [6.07, 6.45) is -0.0724. The predicted octanol–water partition coefficient (Wildman–Crippen LogP) is 2.52. The van der Waals surface area contributed by atoms with Crippen molar-refractivity contribution in [3.05, 3.63) is 65.0 Å². The Kier molecular flexibility index (Phi) is 6.34. The third-order valence-corrected chi connectivity index (χ3v) is 4.21. The number of halogens is 1. The lowest BCUT2D eigenvalue weighted by atomic mass is 9.85. The first kappa shape index (κ1) is 19.9. The van der Waals surface area contributed by atoms with Gasteiger partial charge in [0.25, 0.3) is 5.91 Å². The van der Waals surface area contributed by atoms with Gasteiger partial charge in [0.2, 0.25) is 0 Å². The summed E-state index contributed by atoms with van der Waals surface area (Å²) < 4.78 is 13.0. The van der Waals surface area contributed by atoms with Crippen LogP contribution in [0.15, 0.2) is 42.5 Å². The van der Waals surface area contributed by atoms with E-state index < -0.39 is 12.0 Å². The van der Waals surface area contributed by atoms with Gasteiger partial charge in [-0.2, -0.15) is 0 Å². The van der Waals surface area contributed by atoms with E-state index in [4.69, 9.17) is 5.73 Å². The number of rotatable bonds is 8. The van der Waals surface area contributed by atoms with Crippen molar-refractivity contribution in [1.82, 2.24) is 5.32 Å². The van der Waals surface area contributed by atoms with Gasteiger partial charge in [-0.05, 0) is 47.2 Å². The minimum Gasteiger partial charge on any atom is -0.507 e. The monoisotopic (exact) mass is 360 g/mol. The summed E-state index contributed by atoms with van der Waals surface area (Å²) in [7, 11) is 0. The zero-order chi connectivity index (χ0) is 19.3. The first-order valence-corrected chi connectivity index (χ1v) is 8.44. The van der Waals surface area contributed by atoms with Gasteiger partial charge in [-0.25, -0.2) is 4.39 Å². The maximum Gasteiger partial charge on any atom is 0.252 e. The van der Waals surface area contributed by atoms with E-state index in [2.05, 4.69) is 19.2 Å². The fraction of sp³-hybridized carbons (Fsp3) is 0.350. The first-order valence-electron chi connectivity index (χ1n) is 8.44. The van der Waals surface area contributed by atoms with Crippen molar-refractivity contribution >= 4 is 5.91 Å². The summed E-state index contributed by atoms with van der Waals surface area (Å²) in [5.41, 5.74) is 6.64. The van der Waals surface area contributed by atoms with Crippen LogP contribution in [0.4, 0.5) is 4.39 Å². The lowest BCUT2D eigenvalue weighted by Gasteiger charge is -2.26. The van der Waals surface area contributed by atoms with Crippen LogP contribution in [0.5, 0.6) is 5.75 Å². The van der Waals surface area contributed by atoms with Crippen LogP contribution in [0, 0.1) is 11.2 Å². The zero-order valence-corrected chi connectivity index (χ0v) is 15.0. The van der Waals surface area contributed by atoms with Gasteiger partial charge in [-0.1, -0.05) is 32.0 Å². The quantitative estimate of drug-likeness (QED) is 0.582. The second-order valence-electron chi connectivity index (χ2n) is 7.25. The van der Waals surface area contributed by atoms with Crippen molar-refractivity contribution in [2.24, 2.45) is 11.1 Å². The molecule has 2 rings (SSSR count). The van der Waals surface area contributed by atoms with Gasteiger partial charge in [0.05, 0.1) is 11.7 Å². The molecular formula is C20H25FN2O3. The molecule has 2 aromatic carbocycles. The third-order valence-electron chi connectivity index (χ3n) is 4.21. The van der Waals surface area contributed by atoms with Crippen molar-refractivity contribution < 1.29 is 19.4 Å². The fourth-order valence-electron chi connectivity index (χ4n) is 2.84. The summed E-state index contributed by atoms with van der Waals surface area (Å²) in [5, 5.41) is 23.1. The average molecular weight is 360 g/mol. The summed E-state index contributed by atoms with van der Waals surface area (Å²) in [6, 6.07) is 10.7. The van der Waals surface area contributed by atoms with Gasteiger partial charge in [-0.15, -0.1) is 0 Å². The predicted molar refractivity (Wildman–Crippen MR) is 98.3 cm³/mol. The van der Waals surface area contributed by atoms with Crippen molar-refractivity contribution in [3.63, 3.8) is 0 Å². The molecule has 0 fully saturated rings. The summed E-state index contributed by atoms with van der Waals surface area (Å²) in [6.45, 7) is 5.10. The summed E-state index contributed by atoms with van der Waals surface area (Å²) in [5.74, 6) is -1.20. The van der Waals surface area contributed by atoms with Crippen LogP contribution in [0.1, 0.15) is 41.4 Å².